The lowest BCUT2D eigenvalue weighted by molar-refractivity contribution is 0.0600. The monoisotopic (exact) mass is 577 g/mol. The number of pyridine rings is 1. The molecule has 1 saturated heterocycles. The smallest absolute Gasteiger partial charge is 0.339 e. The van der Waals surface area contributed by atoms with Gasteiger partial charge < -0.3 is 24.3 Å². The second-order valence-electron chi connectivity index (χ2n) is 9.07. The molecular formula is C28H27N5O5S2. The number of anilines is 2. The third-order valence-corrected chi connectivity index (χ3v) is 7.41. The van der Waals surface area contributed by atoms with Crippen molar-refractivity contribution in [2.75, 3.05) is 30.1 Å². The van der Waals surface area contributed by atoms with Gasteiger partial charge in [0.05, 0.1) is 49.1 Å². The number of hydrogen-bond donors (Lipinski definition) is 2. The van der Waals surface area contributed by atoms with Crippen LogP contribution in [0, 0.1) is 0 Å². The van der Waals surface area contributed by atoms with Crippen LogP contribution in [0.3, 0.4) is 0 Å². The Morgan fingerprint density at radius 2 is 1.82 bits per heavy atom. The summed E-state index contributed by atoms with van der Waals surface area (Å²) in [6.45, 7) is 0. The molecule has 3 heterocycles. The Balaban J connectivity index is 1.69. The molecule has 0 saturated carbocycles. The van der Waals surface area contributed by atoms with Crippen molar-refractivity contribution in [2.45, 2.75) is 12.1 Å². The van der Waals surface area contributed by atoms with Gasteiger partial charge in [-0.3, -0.25) is 9.71 Å². The molecular weight excluding hydrogens is 550 g/mol. The summed E-state index contributed by atoms with van der Waals surface area (Å²) in [5.74, 6) is -0.0967. The van der Waals surface area contributed by atoms with Gasteiger partial charge in [0.25, 0.3) is 0 Å². The van der Waals surface area contributed by atoms with Gasteiger partial charge in [0.2, 0.25) is 10.0 Å². The van der Waals surface area contributed by atoms with E-state index in [2.05, 4.69) is 15.0 Å². The predicted molar refractivity (Wildman–Crippen MR) is 157 cm³/mol. The molecule has 1 fully saturated rings. The summed E-state index contributed by atoms with van der Waals surface area (Å²) < 4.78 is 39.1. The summed E-state index contributed by atoms with van der Waals surface area (Å²) in [7, 11) is -0.772. The molecule has 40 heavy (non-hydrogen) atoms. The van der Waals surface area contributed by atoms with Crippen molar-refractivity contribution in [2.24, 2.45) is 0 Å². The van der Waals surface area contributed by atoms with Gasteiger partial charge in [-0.2, -0.15) is 0 Å². The van der Waals surface area contributed by atoms with Crippen LogP contribution in [0.15, 0.2) is 85.2 Å². The Bertz CT molecular complexity index is 1670. The van der Waals surface area contributed by atoms with Gasteiger partial charge >= 0.3 is 5.97 Å². The Labute approximate surface area is 237 Å². The van der Waals surface area contributed by atoms with E-state index in [1.54, 1.807) is 30.5 Å². The molecule has 0 spiro atoms. The first-order valence-electron chi connectivity index (χ1n) is 12.2. The number of benzene rings is 2. The summed E-state index contributed by atoms with van der Waals surface area (Å²) in [5, 5.41) is 3.82. The van der Waals surface area contributed by atoms with Gasteiger partial charge in [-0.05, 0) is 66.8 Å². The Hall–Kier alpha value is -4.42. The van der Waals surface area contributed by atoms with Crippen LogP contribution in [0.1, 0.15) is 33.8 Å². The molecule has 0 bridgehead atoms. The molecule has 12 heteroatoms. The minimum atomic E-state index is -3.59. The number of nitrogens with zero attached hydrogens (tertiary/aromatic N) is 3. The number of sulfonamides is 1. The summed E-state index contributed by atoms with van der Waals surface area (Å²) in [6.07, 6.45) is 4.66. The van der Waals surface area contributed by atoms with Gasteiger partial charge in [0, 0.05) is 23.8 Å². The molecule has 2 aromatic carbocycles. The van der Waals surface area contributed by atoms with Crippen LogP contribution in [-0.2, 0) is 14.8 Å². The highest BCUT2D eigenvalue weighted by atomic mass is 32.2. The highest BCUT2D eigenvalue weighted by Crippen LogP contribution is 2.44. The minimum Gasteiger partial charge on any atom is -0.495 e. The first kappa shape index (κ1) is 27.2. The van der Waals surface area contributed by atoms with E-state index in [-0.39, 0.29) is 11.7 Å². The summed E-state index contributed by atoms with van der Waals surface area (Å²) in [4.78, 5) is 19.1. The maximum atomic E-state index is 12.6. The molecule has 2 aromatic heterocycles. The number of nitrogens with one attached hydrogen (secondary N) is 2. The van der Waals surface area contributed by atoms with Crippen molar-refractivity contribution in [3.63, 3.8) is 0 Å². The highest BCUT2D eigenvalue weighted by Gasteiger charge is 2.42. The second kappa shape index (κ2) is 11.0. The fourth-order valence-electron chi connectivity index (χ4n) is 4.88. The lowest BCUT2D eigenvalue weighted by atomic mass is 10.00. The summed E-state index contributed by atoms with van der Waals surface area (Å²) in [5.41, 5.74) is 3.52. The van der Waals surface area contributed by atoms with Gasteiger partial charge in [0.15, 0.2) is 5.11 Å². The van der Waals surface area contributed by atoms with E-state index in [1.165, 1.54) is 14.2 Å². The van der Waals surface area contributed by atoms with E-state index in [0.717, 1.165) is 17.6 Å². The van der Waals surface area contributed by atoms with E-state index in [4.69, 9.17) is 21.7 Å². The van der Waals surface area contributed by atoms with E-state index in [9.17, 15) is 13.2 Å². The second-order valence-corrected chi connectivity index (χ2v) is 11.2. The molecule has 0 amide bonds. The molecule has 4 aromatic rings. The minimum absolute atomic E-state index is 0.275. The average Bonchev–Trinajstić information content (AvgIpc) is 3.56. The maximum Gasteiger partial charge on any atom is 0.339 e. The average molecular weight is 578 g/mol. The summed E-state index contributed by atoms with van der Waals surface area (Å²) >= 11 is 5.84. The van der Waals surface area contributed by atoms with Crippen molar-refractivity contribution in [3.8, 4) is 11.4 Å². The predicted octanol–water partition coefficient (Wildman–Crippen LogP) is 4.22. The number of carbonyl (C=O) groups is 1. The van der Waals surface area contributed by atoms with Gasteiger partial charge in [0.1, 0.15) is 11.8 Å². The first-order chi connectivity index (χ1) is 19.2. The van der Waals surface area contributed by atoms with E-state index >= 15 is 0 Å². The molecule has 2 atom stereocenters. The van der Waals surface area contributed by atoms with Crippen molar-refractivity contribution in [1.29, 1.82) is 0 Å². The number of carbonyl (C=O) groups excluding carboxylic acids is 1. The molecule has 0 radical (unpaired) electrons. The first-order valence-corrected chi connectivity index (χ1v) is 14.5. The van der Waals surface area contributed by atoms with Gasteiger partial charge in [-0.15, -0.1) is 0 Å². The Kier molecular flexibility index (Phi) is 7.46. The third kappa shape index (κ3) is 5.23. The highest BCUT2D eigenvalue weighted by molar-refractivity contribution is 7.92. The molecule has 206 valence electrons. The number of methoxy groups -OCH3 is 2. The molecule has 2 N–H and O–H groups in total. The van der Waals surface area contributed by atoms with Crippen molar-refractivity contribution >= 4 is 44.7 Å². The van der Waals surface area contributed by atoms with E-state index < -0.39 is 22.0 Å². The molecule has 0 unspecified atom stereocenters. The topological polar surface area (TPSA) is 115 Å². The van der Waals surface area contributed by atoms with Crippen molar-refractivity contribution < 1.29 is 22.7 Å². The fraction of sp³-hybridized carbons (Fsp3) is 0.179. The molecule has 5 rings (SSSR count). The van der Waals surface area contributed by atoms with E-state index in [1.807, 2.05) is 64.2 Å². The van der Waals surface area contributed by atoms with Gasteiger partial charge in [-0.1, -0.05) is 18.2 Å². The number of rotatable bonds is 8. The number of aromatic nitrogens is 2. The zero-order chi connectivity index (χ0) is 28.4. The number of thiocarbonyl (C=S) groups is 1. The maximum absolute atomic E-state index is 12.6. The molecule has 1 aliphatic heterocycles. The number of para-hydroxylation sites is 1. The summed E-state index contributed by atoms with van der Waals surface area (Å²) in [6, 6.07) is 21.0. The quantitative estimate of drug-likeness (QED) is 0.235. The Morgan fingerprint density at radius 1 is 1.05 bits per heavy atom. The van der Waals surface area contributed by atoms with Crippen LogP contribution in [0.25, 0.3) is 5.69 Å². The largest absolute Gasteiger partial charge is 0.495 e. The van der Waals surface area contributed by atoms with Crippen molar-refractivity contribution in [1.82, 2.24) is 14.9 Å². The lowest BCUT2D eigenvalue weighted by Gasteiger charge is -2.29. The normalized spacial score (nSPS) is 16.9. The SMILES string of the molecule is COC(=O)c1ccccc1-n1cccc1[C@H]1[C@@H](c2ccccn2)NC(=S)N1c1ccc(OC)c(NS(C)(=O)=O)c1. The standard InChI is InChI=1S/C28H27N5O5S2/c1-37-24-14-13-18(17-21(24)31-40(3,35)36)33-26(25(30-28(33)39)20-10-6-7-15-29-20)23-12-8-16-32(23)22-11-5-4-9-19(22)27(34)38-2/h4-17,25-26,31H,1-3H3,(H,30,39)/t25-,26+/m1/s1. The molecule has 10 nitrogen and oxygen atoms in total. The van der Waals surface area contributed by atoms with Crippen LogP contribution in [0.4, 0.5) is 11.4 Å². The van der Waals surface area contributed by atoms with Crippen LogP contribution < -0.4 is 19.7 Å². The number of esters is 1. The lowest BCUT2D eigenvalue weighted by Crippen LogP contribution is -2.30. The van der Waals surface area contributed by atoms with Crippen molar-refractivity contribution in [3.05, 3.63) is 102 Å². The van der Waals surface area contributed by atoms with Crippen LogP contribution in [-0.4, -0.2) is 49.5 Å². The molecule has 0 aliphatic carbocycles. The zero-order valence-electron chi connectivity index (χ0n) is 21.9. The van der Waals surface area contributed by atoms with Crippen LogP contribution in [0.2, 0.25) is 0 Å². The third-order valence-electron chi connectivity index (χ3n) is 6.51. The van der Waals surface area contributed by atoms with Crippen LogP contribution in [0.5, 0.6) is 5.75 Å². The number of ether oxygens (including phenoxy) is 2. The van der Waals surface area contributed by atoms with Gasteiger partial charge in [-0.25, -0.2) is 13.2 Å². The Morgan fingerprint density at radius 3 is 2.52 bits per heavy atom. The molecule has 1 aliphatic rings. The zero-order valence-corrected chi connectivity index (χ0v) is 23.6. The number of hydrogen-bond acceptors (Lipinski definition) is 7. The van der Waals surface area contributed by atoms with E-state index in [0.29, 0.717) is 27.8 Å². The fourth-order valence-corrected chi connectivity index (χ4v) is 5.78. The van der Waals surface area contributed by atoms with Crippen LogP contribution >= 0.6 is 12.2 Å².